The van der Waals surface area contributed by atoms with E-state index >= 15 is 0 Å². The van der Waals surface area contributed by atoms with Crippen LogP contribution in [0, 0.1) is 17.5 Å². The number of nitrogens with zero attached hydrogens (tertiary/aromatic N) is 3. The Bertz CT molecular complexity index is 1320. The largest absolute Gasteiger partial charge is 0.493 e. The van der Waals surface area contributed by atoms with Crippen molar-refractivity contribution in [3.05, 3.63) is 74.2 Å². The molecule has 1 amide bonds. The Balaban J connectivity index is 2.20. The summed E-state index contributed by atoms with van der Waals surface area (Å²) in [5.41, 5.74) is -2.14. The second-order valence-corrected chi connectivity index (χ2v) is 6.49. The van der Waals surface area contributed by atoms with Crippen molar-refractivity contribution in [1.29, 1.82) is 0 Å². The first kappa shape index (κ1) is 22.6. The third-order valence-corrected chi connectivity index (χ3v) is 4.39. The summed E-state index contributed by atoms with van der Waals surface area (Å²) < 4.78 is 52.8. The van der Waals surface area contributed by atoms with Gasteiger partial charge in [-0.3, -0.25) is 9.59 Å². The van der Waals surface area contributed by atoms with Gasteiger partial charge in [0.25, 0.3) is 5.88 Å². The van der Waals surface area contributed by atoms with Crippen molar-refractivity contribution in [2.24, 2.45) is 0 Å². The molecule has 1 N–H and O–H groups in total. The molecular weight excluding hydrogens is 433 g/mol. The van der Waals surface area contributed by atoms with E-state index in [1.807, 2.05) is 0 Å². The van der Waals surface area contributed by atoms with Crippen LogP contribution in [0.15, 0.2) is 39.9 Å². The molecule has 1 heterocycles. The maximum atomic E-state index is 14.1. The summed E-state index contributed by atoms with van der Waals surface area (Å²) in [6.07, 6.45) is 0. The van der Waals surface area contributed by atoms with Gasteiger partial charge in [0, 0.05) is 12.5 Å². The van der Waals surface area contributed by atoms with Crippen LogP contribution in [0.1, 0.15) is 12.5 Å². The van der Waals surface area contributed by atoms with Crippen LogP contribution in [0.25, 0.3) is 5.69 Å². The molecule has 0 unspecified atom stereocenters. The van der Waals surface area contributed by atoms with Crippen LogP contribution in [0.4, 0.5) is 18.9 Å². The molecule has 0 spiro atoms. The predicted octanol–water partition coefficient (Wildman–Crippen LogP) is 1.84. The van der Waals surface area contributed by atoms with Crippen molar-refractivity contribution >= 4 is 11.6 Å². The van der Waals surface area contributed by atoms with Crippen LogP contribution < -0.4 is 26.0 Å². The number of hydrogen-bond acceptors (Lipinski definition) is 6. The standard InChI is InChI=1S/C20H17F3N4O5/c1-10(28)24-15-8-12(5-7-13(15)21)27-20(30)26(19(29)18(25-27)32-3)9-11-4-6-14(22)16(23)17(11)31-2/h4-8H,9H2,1-3H3,(H,24,28). The molecule has 32 heavy (non-hydrogen) atoms. The molecule has 0 bridgehead atoms. The average Bonchev–Trinajstić information content (AvgIpc) is 2.75. The number of anilines is 1. The summed E-state index contributed by atoms with van der Waals surface area (Å²) in [6, 6.07) is 5.32. The van der Waals surface area contributed by atoms with Gasteiger partial charge in [-0.25, -0.2) is 18.1 Å². The van der Waals surface area contributed by atoms with E-state index in [2.05, 4.69) is 10.4 Å². The number of nitrogens with one attached hydrogen (secondary N) is 1. The van der Waals surface area contributed by atoms with E-state index in [0.717, 1.165) is 43.2 Å². The number of hydrogen-bond donors (Lipinski definition) is 1. The van der Waals surface area contributed by atoms with Gasteiger partial charge in [-0.05, 0) is 24.3 Å². The number of rotatable bonds is 6. The van der Waals surface area contributed by atoms with Gasteiger partial charge in [0.1, 0.15) is 5.82 Å². The Kier molecular flexibility index (Phi) is 6.32. The van der Waals surface area contributed by atoms with E-state index in [1.54, 1.807) is 0 Å². The number of aromatic nitrogens is 3. The maximum absolute atomic E-state index is 14.1. The van der Waals surface area contributed by atoms with Gasteiger partial charge in [0.05, 0.1) is 32.1 Å². The van der Waals surface area contributed by atoms with Gasteiger partial charge in [0.15, 0.2) is 11.6 Å². The van der Waals surface area contributed by atoms with E-state index in [1.165, 1.54) is 13.0 Å². The van der Waals surface area contributed by atoms with Crippen molar-refractivity contribution in [3.8, 4) is 17.3 Å². The average molecular weight is 450 g/mol. The highest BCUT2D eigenvalue weighted by atomic mass is 19.2. The normalized spacial score (nSPS) is 10.7. The van der Waals surface area contributed by atoms with Crippen LogP contribution in [0.3, 0.4) is 0 Å². The summed E-state index contributed by atoms with van der Waals surface area (Å²) >= 11 is 0. The fourth-order valence-corrected chi connectivity index (χ4v) is 2.95. The third-order valence-electron chi connectivity index (χ3n) is 4.39. The third kappa shape index (κ3) is 4.19. The molecule has 0 aliphatic rings. The zero-order valence-corrected chi connectivity index (χ0v) is 17.1. The minimum absolute atomic E-state index is 0.00319. The summed E-state index contributed by atoms with van der Waals surface area (Å²) in [7, 11) is 2.26. The van der Waals surface area contributed by atoms with Crippen molar-refractivity contribution in [2.75, 3.05) is 19.5 Å². The van der Waals surface area contributed by atoms with E-state index in [4.69, 9.17) is 9.47 Å². The van der Waals surface area contributed by atoms with Crippen LogP contribution in [0.2, 0.25) is 0 Å². The lowest BCUT2D eigenvalue weighted by Crippen LogP contribution is -2.41. The number of carbonyl (C=O) groups excluding carboxylic acids is 1. The molecule has 0 fully saturated rings. The number of carbonyl (C=O) groups is 1. The Morgan fingerprint density at radius 1 is 1.06 bits per heavy atom. The molecule has 1 aromatic heterocycles. The number of ether oxygens (including phenoxy) is 2. The lowest BCUT2D eigenvalue weighted by molar-refractivity contribution is -0.114. The molecule has 9 nitrogen and oxygen atoms in total. The van der Waals surface area contributed by atoms with Gasteiger partial charge in [-0.2, -0.15) is 9.07 Å². The van der Waals surface area contributed by atoms with Crippen LogP contribution in [-0.4, -0.2) is 34.5 Å². The molecule has 0 saturated heterocycles. The molecule has 3 rings (SSSR count). The molecule has 12 heteroatoms. The molecule has 3 aromatic rings. The van der Waals surface area contributed by atoms with Crippen molar-refractivity contribution < 1.29 is 27.4 Å². The topological polar surface area (TPSA) is 104 Å². The fraction of sp³-hybridized carbons (Fsp3) is 0.200. The second-order valence-electron chi connectivity index (χ2n) is 6.49. The predicted molar refractivity (Wildman–Crippen MR) is 107 cm³/mol. The van der Waals surface area contributed by atoms with E-state index in [9.17, 15) is 27.6 Å². The quantitative estimate of drug-likeness (QED) is 0.615. The number of benzene rings is 2. The van der Waals surface area contributed by atoms with Gasteiger partial charge in [-0.15, -0.1) is 5.10 Å². The SMILES string of the molecule is COc1c(Cn2c(=O)c(OC)nn(-c3ccc(F)c(NC(C)=O)c3)c2=O)ccc(F)c1F. The van der Waals surface area contributed by atoms with Crippen molar-refractivity contribution in [2.45, 2.75) is 13.5 Å². The summed E-state index contributed by atoms with van der Waals surface area (Å²) in [5, 5.41) is 6.11. The van der Waals surface area contributed by atoms with Crippen molar-refractivity contribution in [1.82, 2.24) is 14.3 Å². The zero-order chi connectivity index (χ0) is 23.6. The van der Waals surface area contributed by atoms with Gasteiger partial charge >= 0.3 is 11.2 Å². The van der Waals surface area contributed by atoms with Crippen molar-refractivity contribution in [3.63, 3.8) is 0 Å². The van der Waals surface area contributed by atoms with Crippen LogP contribution >= 0.6 is 0 Å². The first-order valence-electron chi connectivity index (χ1n) is 9.04. The molecule has 0 radical (unpaired) electrons. The second kappa shape index (κ2) is 8.96. The molecule has 0 saturated carbocycles. The molecule has 2 aromatic carbocycles. The molecule has 0 aliphatic heterocycles. The van der Waals surface area contributed by atoms with Gasteiger partial charge in [-0.1, -0.05) is 6.07 Å². The van der Waals surface area contributed by atoms with Gasteiger partial charge in [0.2, 0.25) is 11.7 Å². The van der Waals surface area contributed by atoms with E-state index < -0.39 is 52.8 Å². The summed E-state index contributed by atoms with van der Waals surface area (Å²) in [5.74, 6) is -4.72. The van der Waals surface area contributed by atoms with Crippen LogP contribution in [0.5, 0.6) is 11.6 Å². The lowest BCUT2D eigenvalue weighted by Gasteiger charge is -2.14. The monoisotopic (exact) mass is 450 g/mol. The number of halogens is 3. The molecule has 0 atom stereocenters. The number of amides is 1. The maximum Gasteiger partial charge on any atom is 0.352 e. The molecular formula is C20H17F3N4O5. The zero-order valence-electron chi connectivity index (χ0n) is 17.1. The van der Waals surface area contributed by atoms with E-state index in [0.29, 0.717) is 4.57 Å². The summed E-state index contributed by atoms with van der Waals surface area (Å²) in [4.78, 5) is 37.0. The molecule has 168 valence electrons. The van der Waals surface area contributed by atoms with Gasteiger partial charge < -0.3 is 14.8 Å². The van der Waals surface area contributed by atoms with E-state index in [-0.39, 0.29) is 16.9 Å². The first-order chi connectivity index (χ1) is 15.2. The Morgan fingerprint density at radius 3 is 2.38 bits per heavy atom. The first-order valence-corrected chi connectivity index (χ1v) is 9.04. The minimum atomic E-state index is -1.28. The highest BCUT2D eigenvalue weighted by Crippen LogP contribution is 2.25. The Morgan fingerprint density at radius 2 is 1.75 bits per heavy atom. The number of methoxy groups -OCH3 is 2. The summed E-state index contributed by atoms with van der Waals surface area (Å²) in [6.45, 7) is 0.672. The highest BCUT2D eigenvalue weighted by Gasteiger charge is 2.20. The smallest absolute Gasteiger partial charge is 0.352 e. The molecule has 0 aliphatic carbocycles. The Hall–Kier alpha value is -4.09. The lowest BCUT2D eigenvalue weighted by atomic mass is 10.2. The highest BCUT2D eigenvalue weighted by molar-refractivity contribution is 5.89. The minimum Gasteiger partial charge on any atom is -0.493 e. The fourth-order valence-electron chi connectivity index (χ4n) is 2.95. The Labute approximate surface area is 178 Å². The van der Waals surface area contributed by atoms with Crippen LogP contribution in [-0.2, 0) is 11.3 Å².